The third-order valence-corrected chi connectivity index (χ3v) is 2.32. The molecule has 4 N–H and O–H groups in total. The summed E-state index contributed by atoms with van der Waals surface area (Å²) in [5.74, 6) is 0.343. The highest BCUT2D eigenvalue weighted by atomic mass is 16.1. The van der Waals surface area contributed by atoms with E-state index < -0.39 is 11.9 Å². The number of primary amides is 1. The molecule has 1 amide bonds. The van der Waals surface area contributed by atoms with Crippen molar-refractivity contribution in [3.63, 3.8) is 0 Å². The quantitative estimate of drug-likeness (QED) is 0.706. The second-order valence-electron chi connectivity index (χ2n) is 3.51. The van der Waals surface area contributed by atoms with Gasteiger partial charge in [-0.3, -0.25) is 4.79 Å². The first kappa shape index (κ1) is 10.7. The molecule has 0 aromatic carbocycles. The Balaban J connectivity index is 2.94. The third kappa shape index (κ3) is 1.93. The first-order chi connectivity index (χ1) is 6.43. The average molecular weight is 196 g/mol. The number of amides is 1. The van der Waals surface area contributed by atoms with E-state index in [1.54, 1.807) is 0 Å². The molecule has 0 saturated heterocycles. The van der Waals surface area contributed by atoms with Crippen LogP contribution < -0.4 is 11.5 Å². The zero-order valence-electron chi connectivity index (χ0n) is 8.69. The van der Waals surface area contributed by atoms with E-state index in [0.29, 0.717) is 0 Å². The summed E-state index contributed by atoms with van der Waals surface area (Å²) in [6.45, 7) is 5.62. The highest BCUT2D eigenvalue weighted by Crippen LogP contribution is 2.13. The van der Waals surface area contributed by atoms with E-state index in [0.717, 1.165) is 11.5 Å². The molecule has 1 aromatic rings. The average Bonchev–Trinajstić information content (AvgIpc) is 2.42. The van der Waals surface area contributed by atoms with Crippen molar-refractivity contribution in [1.29, 1.82) is 0 Å². The van der Waals surface area contributed by atoms with E-state index in [1.807, 2.05) is 31.5 Å². The van der Waals surface area contributed by atoms with Crippen LogP contribution in [-0.2, 0) is 4.79 Å². The van der Waals surface area contributed by atoms with Gasteiger partial charge in [0.1, 0.15) is 11.9 Å². The van der Waals surface area contributed by atoms with Crippen molar-refractivity contribution in [2.75, 3.05) is 0 Å². The topological polar surface area (TPSA) is 86.9 Å². The van der Waals surface area contributed by atoms with Gasteiger partial charge in [0.05, 0.1) is 11.7 Å². The Morgan fingerprint density at radius 2 is 2.14 bits per heavy atom. The van der Waals surface area contributed by atoms with Crippen molar-refractivity contribution in [3.8, 4) is 0 Å². The summed E-state index contributed by atoms with van der Waals surface area (Å²) in [4.78, 5) is 15.1. The lowest BCUT2D eigenvalue weighted by atomic mass is 10.1. The lowest BCUT2D eigenvalue weighted by Crippen LogP contribution is -2.42. The van der Waals surface area contributed by atoms with Crippen LogP contribution in [0.3, 0.4) is 0 Å². The number of carbonyl (C=O) groups excluding carboxylic acids is 1. The Kier molecular flexibility index (Phi) is 2.90. The minimum atomic E-state index is -0.678. The minimum Gasteiger partial charge on any atom is -0.368 e. The molecule has 2 unspecified atom stereocenters. The van der Waals surface area contributed by atoms with Crippen LogP contribution in [0.2, 0.25) is 0 Å². The van der Waals surface area contributed by atoms with Crippen molar-refractivity contribution >= 4 is 5.91 Å². The van der Waals surface area contributed by atoms with Gasteiger partial charge in [0.2, 0.25) is 5.91 Å². The van der Waals surface area contributed by atoms with Gasteiger partial charge in [-0.2, -0.15) is 0 Å². The molecule has 0 aliphatic carbocycles. The Hall–Kier alpha value is -1.36. The Labute approximate surface area is 83.1 Å². The van der Waals surface area contributed by atoms with Crippen LogP contribution in [0.25, 0.3) is 0 Å². The Morgan fingerprint density at radius 1 is 1.57 bits per heavy atom. The number of nitrogens with zero attached hydrogens (tertiary/aromatic N) is 2. The fraction of sp³-hybridized carbons (Fsp3) is 0.556. The standard InChI is InChI=1S/C9H16N4O/c1-5-4-13(7(3)12-5)6(2)8(10)9(11)14/h4,6,8H,10H2,1-3H3,(H2,11,14). The maximum atomic E-state index is 10.9. The number of carbonyl (C=O) groups is 1. The van der Waals surface area contributed by atoms with Gasteiger partial charge in [0.25, 0.3) is 0 Å². The molecule has 0 aliphatic rings. The molecule has 0 spiro atoms. The number of imidazole rings is 1. The summed E-state index contributed by atoms with van der Waals surface area (Å²) in [5, 5.41) is 0. The van der Waals surface area contributed by atoms with E-state index in [9.17, 15) is 4.79 Å². The van der Waals surface area contributed by atoms with E-state index in [2.05, 4.69) is 4.98 Å². The molecule has 5 nitrogen and oxygen atoms in total. The van der Waals surface area contributed by atoms with E-state index in [1.165, 1.54) is 0 Å². The maximum absolute atomic E-state index is 10.9. The number of hydrogen-bond acceptors (Lipinski definition) is 3. The number of aryl methyl sites for hydroxylation is 2. The van der Waals surface area contributed by atoms with Crippen molar-refractivity contribution in [2.45, 2.75) is 32.9 Å². The SMILES string of the molecule is Cc1cn(C(C)C(N)C(N)=O)c(C)n1. The summed E-state index contributed by atoms with van der Waals surface area (Å²) < 4.78 is 1.87. The molecule has 1 heterocycles. The van der Waals surface area contributed by atoms with Crippen LogP contribution in [-0.4, -0.2) is 21.5 Å². The highest BCUT2D eigenvalue weighted by Gasteiger charge is 2.20. The molecular formula is C9H16N4O. The van der Waals surface area contributed by atoms with Gasteiger partial charge in [0.15, 0.2) is 0 Å². The smallest absolute Gasteiger partial charge is 0.236 e. The van der Waals surface area contributed by atoms with Crippen LogP contribution in [0.15, 0.2) is 6.20 Å². The Morgan fingerprint density at radius 3 is 2.50 bits per heavy atom. The lowest BCUT2D eigenvalue weighted by molar-refractivity contribution is -0.120. The highest BCUT2D eigenvalue weighted by molar-refractivity contribution is 5.80. The summed E-state index contributed by atoms with van der Waals surface area (Å²) in [5.41, 5.74) is 11.7. The van der Waals surface area contributed by atoms with Crippen molar-refractivity contribution < 1.29 is 4.79 Å². The fourth-order valence-electron chi connectivity index (χ4n) is 1.46. The van der Waals surface area contributed by atoms with Gasteiger partial charge < -0.3 is 16.0 Å². The van der Waals surface area contributed by atoms with Crippen LogP contribution in [0, 0.1) is 13.8 Å². The molecule has 2 atom stereocenters. The zero-order chi connectivity index (χ0) is 10.9. The molecule has 1 rings (SSSR count). The van der Waals surface area contributed by atoms with E-state index >= 15 is 0 Å². The largest absolute Gasteiger partial charge is 0.368 e. The molecule has 1 aromatic heterocycles. The van der Waals surface area contributed by atoms with Crippen LogP contribution in [0.1, 0.15) is 24.5 Å². The maximum Gasteiger partial charge on any atom is 0.236 e. The first-order valence-corrected chi connectivity index (χ1v) is 4.50. The van der Waals surface area contributed by atoms with Crippen LogP contribution in [0.5, 0.6) is 0 Å². The third-order valence-electron chi connectivity index (χ3n) is 2.32. The minimum absolute atomic E-state index is 0.159. The summed E-state index contributed by atoms with van der Waals surface area (Å²) in [6, 6.07) is -0.837. The van der Waals surface area contributed by atoms with Gasteiger partial charge in [-0.1, -0.05) is 0 Å². The molecule has 0 saturated carbocycles. The van der Waals surface area contributed by atoms with Crippen molar-refractivity contribution in [2.24, 2.45) is 11.5 Å². The van der Waals surface area contributed by atoms with E-state index in [-0.39, 0.29) is 6.04 Å². The van der Waals surface area contributed by atoms with Gasteiger partial charge in [-0.25, -0.2) is 4.98 Å². The summed E-state index contributed by atoms with van der Waals surface area (Å²) >= 11 is 0. The summed E-state index contributed by atoms with van der Waals surface area (Å²) in [7, 11) is 0. The zero-order valence-corrected chi connectivity index (χ0v) is 8.69. The van der Waals surface area contributed by atoms with Gasteiger partial charge >= 0.3 is 0 Å². The van der Waals surface area contributed by atoms with Crippen LogP contribution >= 0.6 is 0 Å². The van der Waals surface area contributed by atoms with Crippen molar-refractivity contribution in [3.05, 3.63) is 17.7 Å². The number of aromatic nitrogens is 2. The van der Waals surface area contributed by atoms with Gasteiger partial charge in [-0.15, -0.1) is 0 Å². The van der Waals surface area contributed by atoms with Gasteiger partial charge in [-0.05, 0) is 20.8 Å². The molecule has 0 fully saturated rings. The molecule has 5 heteroatoms. The number of rotatable bonds is 3. The number of hydrogen-bond donors (Lipinski definition) is 2. The molecule has 0 bridgehead atoms. The lowest BCUT2D eigenvalue weighted by Gasteiger charge is -2.19. The van der Waals surface area contributed by atoms with Crippen LogP contribution in [0.4, 0.5) is 0 Å². The van der Waals surface area contributed by atoms with E-state index in [4.69, 9.17) is 11.5 Å². The Bertz CT molecular complexity index is 345. The second kappa shape index (κ2) is 3.79. The predicted molar refractivity (Wildman–Crippen MR) is 53.6 cm³/mol. The predicted octanol–water partition coefficient (Wildman–Crippen LogP) is -0.126. The molecular weight excluding hydrogens is 180 g/mol. The fourth-order valence-corrected chi connectivity index (χ4v) is 1.46. The molecule has 14 heavy (non-hydrogen) atoms. The molecule has 0 aliphatic heterocycles. The molecule has 0 radical (unpaired) electrons. The van der Waals surface area contributed by atoms with Crippen molar-refractivity contribution in [1.82, 2.24) is 9.55 Å². The number of nitrogens with two attached hydrogens (primary N) is 2. The summed E-state index contributed by atoms with van der Waals surface area (Å²) in [6.07, 6.45) is 1.86. The first-order valence-electron chi connectivity index (χ1n) is 4.50. The van der Waals surface area contributed by atoms with Gasteiger partial charge in [0, 0.05) is 6.20 Å². The normalized spacial score (nSPS) is 15.1. The monoisotopic (exact) mass is 196 g/mol. The second-order valence-corrected chi connectivity index (χ2v) is 3.51. The molecule has 78 valence electrons.